The van der Waals surface area contributed by atoms with E-state index in [4.69, 9.17) is 16.3 Å². The van der Waals surface area contributed by atoms with E-state index in [0.717, 1.165) is 12.8 Å². The minimum Gasteiger partial charge on any atom is -0.480 e. The van der Waals surface area contributed by atoms with E-state index in [1.54, 1.807) is 10.7 Å². The number of carbonyl (C=O) groups excluding carboxylic acids is 1. The second-order valence-corrected chi connectivity index (χ2v) is 6.77. The second-order valence-electron chi connectivity index (χ2n) is 6.36. The molecule has 0 bridgehead atoms. The van der Waals surface area contributed by atoms with Crippen molar-refractivity contribution < 1.29 is 19.4 Å². The first kappa shape index (κ1) is 17.0. The van der Waals surface area contributed by atoms with Gasteiger partial charge in [0.2, 0.25) is 5.82 Å². The summed E-state index contributed by atoms with van der Waals surface area (Å²) < 4.78 is 6.78. The van der Waals surface area contributed by atoms with Crippen LogP contribution in [0.2, 0.25) is 5.02 Å². The van der Waals surface area contributed by atoms with Crippen molar-refractivity contribution >= 4 is 23.5 Å². The number of carboxylic acid groups (broad SMARTS) is 1. The lowest BCUT2D eigenvalue weighted by atomic mass is 10.2. The Labute approximate surface area is 154 Å². The molecule has 1 unspecified atom stereocenters. The molecule has 8 nitrogen and oxygen atoms in total. The van der Waals surface area contributed by atoms with Crippen LogP contribution in [0, 0.1) is 0 Å². The summed E-state index contributed by atoms with van der Waals surface area (Å²) in [7, 11) is 0. The van der Waals surface area contributed by atoms with Crippen LogP contribution in [-0.4, -0.2) is 62.4 Å². The van der Waals surface area contributed by atoms with Crippen LogP contribution in [-0.2, 0) is 9.53 Å². The molecule has 1 saturated carbocycles. The lowest BCUT2D eigenvalue weighted by Crippen LogP contribution is -2.52. The van der Waals surface area contributed by atoms with Crippen LogP contribution in [0.5, 0.6) is 0 Å². The first-order valence-electron chi connectivity index (χ1n) is 8.39. The van der Waals surface area contributed by atoms with Crippen molar-refractivity contribution in [2.75, 3.05) is 19.8 Å². The Kier molecular flexibility index (Phi) is 4.37. The van der Waals surface area contributed by atoms with Crippen LogP contribution in [0.25, 0.3) is 5.69 Å². The molecule has 1 saturated heterocycles. The molecule has 4 rings (SSSR count). The highest BCUT2D eigenvalue weighted by Gasteiger charge is 2.37. The van der Waals surface area contributed by atoms with Gasteiger partial charge in [0, 0.05) is 12.5 Å². The molecular formula is C17H17ClN4O4. The van der Waals surface area contributed by atoms with Gasteiger partial charge in [-0.25, -0.2) is 14.5 Å². The highest BCUT2D eigenvalue weighted by Crippen LogP contribution is 2.40. The van der Waals surface area contributed by atoms with Crippen molar-refractivity contribution in [3.63, 3.8) is 0 Å². The quantitative estimate of drug-likeness (QED) is 0.872. The zero-order chi connectivity index (χ0) is 18.3. The Balaban J connectivity index is 1.71. The third-order valence-electron chi connectivity index (χ3n) is 4.52. The smallest absolute Gasteiger partial charge is 0.328 e. The number of amides is 1. The Morgan fingerprint density at radius 1 is 1.27 bits per heavy atom. The van der Waals surface area contributed by atoms with Crippen LogP contribution in [0.1, 0.15) is 35.2 Å². The fourth-order valence-corrected chi connectivity index (χ4v) is 3.22. The number of para-hydroxylation sites is 1. The third kappa shape index (κ3) is 3.06. The molecule has 9 heteroatoms. The van der Waals surface area contributed by atoms with Crippen LogP contribution in [0.3, 0.4) is 0 Å². The molecule has 136 valence electrons. The number of carboxylic acids is 1. The predicted molar refractivity (Wildman–Crippen MR) is 91.6 cm³/mol. The van der Waals surface area contributed by atoms with Crippen molar-refractivity contribution in [3.8, 4) is 5.69 Å². The zero-order valence-electron chi connectivity index (χ0n) is 13.8. The number of carbonyl (C=O) groups is 2. The van der Waals surface area contributed by atoms with Crippen molar-refractivity contribution in [3.05, 3.63) is 40.9 Å². The number of hydrogen-bond acceptors (Lipinski definition) is 5. The van der Waals surface area contributed by atoms with Crippen molar-refractivity contribution in [1.29, 1.82) is 0 Å². The molecule has 1 aliphatic carbocycles. The Bertz CT molecular complexity index is 864. The van der Waals surface area contributed by atoms with Crippen LogP contribution in [0.15, 0.2) is 24.3 Å². The number of aromatic nitrogens is 3. The van der Waals surface area contributed by atoms with Crippen LogP contribution >= 0.6 is 11.6 Å². The van der Waals surface area contributed by atoms with E-state index in [0.29, 0.717) is 16.5 Å². The van der Waals surface area contributed by atoms with E-state index in [1.165, 1.54) is 4.90 Å². The van der Waals surface area contributed by atoms with Crippen molar-refractivity contribution in [1.82, 2.24) is 19.7 Å². The molecule has 2 heterocycles. The van der Waals surface area contributed by atoms with E-state index in [9.17, 15) is 14.7 Å². The Morgan fingerprint density at radius 3 is 2.73 bits per heavy atom. The predicted octanol–water partition coefficient (Wildman–Crippen LogP) is 1.72. The van der Waals surface area contributed by atoms with Gasteiger partial charge in [0.15, 0.2) is 6.04 Å². The molecule has 1 aromatic carbocycles. The summed E-state index contributed by atoms with van der Waals surface area (Å²) in [6.07, 6.45) is 1.96. The van der Waals surface area contributed by atoms with Gasteiger partial charge < -0.3 is 14.7 Å². The average Bonchev–Trinajstić information content (AvgIpc) is 3.40. The minimum absolute atomic E-state index is 0.0139. The maximum Gasteiger partial charge on any atom is 0.328 e. The standard InChI is InChI=1S/C17H17ClN4O4/c18-11-3-1-2-4-12(11)22-15(10-5-6-10)19-14(20-22)16(23)21-7-8-26-9-13(21)17(24)25/h1-4,10,13H,5-9H2,(H,24,25). The van der Waals surface area contributed by atoms with Gasteiger partial charge >= 0.3 is 5.97 Å². The minimum atomic E-state index is -1.11. The summed E-state index contributed by atoms with van der Waals surface area (Å²) in [4.78, 5) is 30.0. The van der Waals surface area contributed by atoms with Gasteiger partial charge in [-0.05, 0) is 25.0 Å². The van der Waals surface area contributed by atoms with Gasteiger partial charge in [-0.15, -0.1) is 5.10 Å². The number of morpholine rings is 1. The molecule has 0 spiro atoms. The van der Waals surface area contributed by atoms with Crippen molar-refractivity contribution in [2.24, 2.45) is 0 Å². The van der Waals surface area contributed by atoms with Gasteiger partial charge in [-0.1, -0.05) is 23.7 Å². The number of benzene rings is 1. The third-order valence-corrected chi connectivity index (χ3v) is 4.84. The van der Waals surface area contributed by atoms with E-state index in [2.05, 4.69) is 10.1 Å². The summed E-state index contributed by atoms with van der Waals surface area (Å²) >= 11 is 6.28. The van der Waals surface area contributed by atoms with Crippen molar-refractivity contribution in [2.45, 2.75) is 24.8 Å². The molecule has 1 amide bonds. The molecule has 0 radical (unpaired) electrons. The van der Waals surface area contributed by atoms with E-state index in [1.807, 2.05) is 18.2 Å². The summed E-state index contributed by atoms with van der Waals surface area (Å²) in [6.45, 7) is 0.438. The first-order chi connectivity index (χ1) is 12.6. The number of nitrogens with zero attached hydrogens (tertiary/aromatic N) is 4. The number of halogens is 1. The summed E-state index contributed by atoms with van der Waals surface area (Å²) in [5, 5.41) is 14.2. The molecule has 26 heavy (non-hydrogen) atoms. The summed E-state index contributed by atoms with van der Waals surface area (Å²) in [6, 6.07) is 6.18. The average molecular weight is 377 g/mol. The number of rotatable bonds is 4. The second kappa shape index (κ2) is 6.69. The largest absolute Gasteiger partial charge is 0.480 e. The maximum atomic E-state index is 12.9. The number of hydrogen-bond donors (Lipinski definition) is 1. The van der Waals surface area contributed by atoms with Crippen LogP contribution in [0.4, 0.5) is 0 Å². The van der Waals surface area contributed by atoms with E-state index < -0.39 is 17.9 Å². The number of aliphatic carboxylic acids is 1. The molecule has 1 aliphatic heterocycles. The molecule has 1 N–H and O–H groups in total. The highest BCUT2D eigenvalue weighted by molar-refractivity contribution is 6.32. The van der Waals surface area contributed by atoms with Gasteiger partial charge in [0.25, 0.3) is 5.91 Å². The van der Waals surface area contributed by atoms with Gasteiger partial charge in [-0.3, -0.25) is 4.79 Å². The van der Waals surface area contributed by atoms with Crippen LogP contribution < -0.4 is 0 Å². The lowest BCUT2D eigenvalue weighted by Gasteiger charge is -2.31. The summed E-state index contributed by atoms with van der Waals surface area (Å²) in [5.41, 5.74) is 0.652. The molecule has 1 aromatic heterocycles. The first-order valence-corrected chi connectivity index (χ1v) is 8.77. The van der Waals surface area contributed by atoms with Gasteiger partial charge in [-0.2, -0.15) is 0 Å². The molecule has 2 aromatic rings. The van der Waals surface area contributed by atoms with E-state index in [-0.39, 0.29) is 31.5 Å². The zero-order valence-corrected chi connectivity index (χ0v) is 14.6. The lowest BCUT2D eigenvalue weighted by molar-refractivity contribution is -0.147. The SMILES string of the molecule is O=C(O)C1COCCN1C(=O)c1nc(C2CC2)n(-c2ccccc2Cl)n1. The molecule has 2 aliphatic rings. The topological polar surface area (TPSA) is 97.5 Å². The molecular weight excluding hydrogens is 360 g/mol. The fourth-order valence-electron chi connectivity index (χ4n) is 3.00. The molecule has 1 atom stereocenters. The Morgan fingerprint density at radius 2 is 2.04 bits per heavy atom. The Hall–Kier alpha value is -2.45. The van der Waals surface area contributed by atoms with Gasteiger partial charge in [0.1, 0.15) is 5.82 Å². The number of ether oxygens (including phenoxy) is 1. The normalized spacial score (nSPS) is 20.2. The fraction of sp³-hybridized carbons (Fsp3) is 0.412. The highest BCUT2D eigenvalue weighted by atomic mass is 35.5. The summed E-state index contributed by atoms with van der Waals surface area (Å²) in [5.74, 6) is -0.707. The molecule has 2 fully saturated rings. The monoisotopic (exact) mass is 376 g/mol. The van der Waals surface area contributed by atoms with Gasteiger partial charge in [0.05, 0.1) is 23.9 Å². The van der Waals surface area contributed by atoms with E-state index >= 15 is 0 Å². The maximum absolute atomic E-state index is 12.9.